The second-order valence-corrected chi connectivity index (χ2v) is 6.77. The second kappa shape index (κ2) is 6.64. The Kier molecular flexibility index (Phi) is 5.76. The third kappa shape index (κ3) is 4.34. The molecule has 18 heavy (non-hydrogen) atoms. The Morgan fingerprint density at radius 1 is 1.39 bits per heavy atom. The number of nitrogens with zero attached hydrogens (tertiary/aromatic N) is 1. The summed E-state index contributed by atoms with van der Waals surface area (Å²) >= 11 is 1.83. The fourth-order valence-electron chi connectivity index (χ4n) is 1.76. The van der Waals surface area contributed by atoms with Crippen LogP contribution in [0.5, 0.6) is 0 Å². The van der Waals surface area contributed by atoms with E-state index in [-0.39, 0.29) is 5.41 Å². The van der Waals surface area contributed by atoms with E-state index in [2.05, 4.69) is 39.9 Å². The Balaban J connectivity index is 2.63. The highest BCUT2D eigenvalue weighted by Crippen LogP contribution is 2.32. The van der Waals surface area contributed by atoms with Crippen LogP contribution < -0.4 is 5.32 Å². The molecule has 0 spiro atoms. The quantitative estimate of drug-likeness (QED) is 0.804. The van der Waals surface area contributed by atoms with Gasteiger partial charge in [0.1, 0.15) is 0 Å². The Labute approximate surface area is 115 Å². The smallest absolute Gasteiger partial charge is 0.0985 e. The van der Waals surface area contributed by atoms with E-state index in [0.717, 1.165) is 25.3 Å². The molecule has 3 nitrogen and oxygen atoms in total. The minimum absolute atomic E-state index is 0.142. The molecule has 1 N–H and O–H groups in total. The molecule has 104 valence electrons. The van der Waals surface area contributed by atoms with Gasteiger partial charge in [0.2, 0.25) is 0 Å². The highest BCUT2D eigenvalue weighted by atomic mass is 32.1. The van der Waals surface area contributed by atoms with Gasteiger partial charge in [0, 0.05) is 30.1 Å². The summed E-state index contributed by atoms with van der Waals surface area (Å²) in [5.41, 5.74) is 1.31. The zero-order chi connectivity index (χ0) is 13.8. The van der Waals surface area contributed by atoms with Crippen LogP contribution in [0.3, 0.4) is 0 Å². The van der Waals surface area contributed by atoms with Crippen molar-refractivity contribution in [3.63, 3.8) is 0 Å². The van der Waals surface area contributed by atoms with Gasteiger partial charge in [0.05, 0.1) is 10.7 Å². The van der Waals surface area contributed by atoms with E-state index in [4.69, 9.17) is 9.72 Å². The first-order valence-electron chi connectivity index (χ1n) is 6.56. The number of methoxy groups -OCH3 is 1. The molecule has 1 atom stereocenters. The molecule has 0 fully saturated rings. The molecule has 0 saturated carbocycles. The minimum atomic E-state index is 0.142. The van der Waals surface area contributed by atoms with E-state index in [1.807, 2.05) is 11.3 Å². The minimum Gasteiger partial charge on any atom is -0.385 e. The summed E-state index contributed by atoms with van der Waals surface area (Å²) in [6.07, 6.45) is 1.05. The predicted octanol–water partition coefficient (Wildman–Crippen LogP) is 3.44. The Morgan fingerprint density at radius 3 is 2.56 bits per heavy atom. The van der Waals surface area contributed by atoms with Crippen molar-refractivity contribution in [3.05, 3.63) is 15.6 Å². The van der Waals surface area contributed by atoms with Crippen molar-refractivity contribution in [2.24, 2.45) is 0 Å². The maximum Gasteiger partial charge on any atom is 0.0985 e. The van der Waals surface area contributed by atoms with Gasteiger partial charge in [-0.05, 0) is 26.8 Å². The van der Waals surface area contributed by atoms with Crippen LogP contribution in [0.25, 0.3) is 0 Å². The molecular weight excluding hydrogens is 244 g/mol. The number of ether oxygens (including phenoxy) is 1. The van der Waals surface area contributed by atoms with E-state index in [1.165, 1.54) is 9.88 Å². The van der Waals surface area contributed by atoms with Crippen LogP contribution in [-0.4, -0.2) is 25.2 Å². The number of nitrogens with one attached hydrogen (secondary N) is 1. The summed E-state index contributed by atoms with van der Waals surface area (Å²) in [6.45, 7) is 12.8. The van der Waals surface area contributed by atoms with E-state index >= 15 is 0 Å². The molecule has 0 radical (unpaired) electrons. The third-order valence-corrected chi connectivity index (χ3v) is 4.61. The molecule has 0 bridgehead atoms. The zero-order valence-electron chi connectivity index (χ0n) is 12.5. The first-order valence-corrected chi connectivity index (χ1v) is 7.38. The number of hydrogen-bond acceptors (Lipinski definition) is 4. The van der Waals surface area contributed by atoms with Crippen LogP contribution in [0.15, 0.2) is 0 Å². The zero-order valence-corrected chi connectivity index (χ0v) is 13.3. The third-order valence-electron chi connectivity index (χ3n) is 2.84. The number of aryl methyl sites for hydroxylation is 1. The Morgan fingerprint density at radius 2 is 2.06 bits per heavy atom. The van der Waals surface area contributed by atoms with Crippen molar-refractivity contribution in [1.82, 2.24) is 10.3 Å². The number of aromatic nitrogens is 1. The van der Waals surface area contributed by atoms with Gasteiger partial charge in [-0.15, -0.1) is 11.3 Å². The lowest BCUT2D eigenvalue weighted by Gasteiger charge is -2.14. The molecule has 0 aliphatic heterocycles. The molecule has 1 heterocycles. The molecule has 1 rings (SSSR count). The fraction of sp³-hybridized carbons (Fsp3) is 0.786. The van der Waals surface area contributed by atoms with Crippen molar-refractivity contribution >= 4 is 11.3 Å². The van der Waals surface area contributed by atoms with Gasteiger partial charge in [-0.3, -0.25) is 0 Å². The van der Waals surface area contributed by atoms with E-state index in [0.29, 0.717) is 6.04 Å². The lowest BCUT2D eigenvalue weighted by molar-refractivity contribution is 0.193. The average molecular weight is 270 g/mol. The van der Waals surface area contributed by atoms with Gasteiger partial charge >= 0.3 is 0 Å². The number of rotatable bonds is 6. The van der Waals surface area contributed by atoms with E-state index in [9.17, 15) is 0 Å². The molecule has 1 aromatic heterocycles. The summed E-state index contributed by atoms with van der Waals surface area (Å²) in [5, 5.41) is 4.75. The van der Waals surface area contributed by atoms with Crippen LogP contribution in [0.4, 0.5) is 0 Å². The van der Waals surface area contributed by atoms with Crippen LogP contribution in [0.1, 0.15) is 55.7 Å². The maximum atomic E-state index is 5.05. The summed E-state index contributed by atoms with van der Waals surface area (Å²) in [4.78, 5) is 6.06. The standard InChI is InChI=1S/C14H26N2OS/c1-10(15-8-7-9-17-6)12-11(2)16-13(18-12)14(3,4)5/h10,15H,7-9H2,1-6H3. The van der Waals surface area contributed by atoms with Crippen molar-refractivity contribution in [2.75, 3.05) is 20.3 Å². The summed E-state index contributed by atoms with van der Waals surface area (Å²) < 4.78 is 5.05. The van der Waals surface area contributed by atoms with Gasteiger partial charge in [-0.2, -0.15) is 0 Å². The van der Waals surface area contributed by atoms with Gasteiger partial charge in [-0.25, -0.2) is 4.98 Å². The summed E-state index contributed by atoms with van der Waals surface area (Å²) in [5.74, 6) is 0. The largest absolute Gasteiger partial charge is 0.385 e. The van der Waals surface area contributed by atoms with Crippen LogP contribution in [0, 0.1) is 6.92 Å². The Hall–Kier alpha value is -0.450. The molecule has 0 amide bonds. The lowest BCUT2D eigenvalue weighted by atomic mass is 9.98. The molecule has 0 saturated heterocycles. The molecule has 1 unspecified atom stereocenters. The molecule has 4 heteroatoms. The second-order valence-electron chi connectivity index (χ2n) is 5.74. The van der Waals surface area contributed by atoms with E-state index in [1.54, 1.807) is 7.11 Å². The predicted molar refractivity (Wildman–Crippen MR) is 78.5 cm³/mol. The molecule has 0 aliphatic carbocycles. The highest BCUT2D eigenvalue weighted by Gasteiger charge is 2.22. The van der Waals surface area contributed by atoms with Crippen LogP contribution >= 0.6 is 11.3 Å². The van der Waals surface area contributed by atoms with Gasteiger partial charge < -0.3 is 10.1 Å². The first kappa shape index (κ1) is 15.6. The van der Waals surface area contributed by atoms with Gasteiger partial charge in [0.25, 0.3) is 0 Å². The monoisotopic (exact) mass is 270 g/mol. The molecular formula is C14H26N2OS. The van der Waals surface area contributed by atoms with Crippen molar-refractivity contribution in [1.29, 1.82) is 0 Å². The molecule has 0 aliphatic rings. The van der Waals surface area contributed by atoms with Gasteiger partial charge in [-0.1, -0.05) is 20.8 Å². The normalized spacial score (nSPS) is 13.9. The number of hydrogen-bond donors (Lipinski definition) is 1. The average Bonchev–Trinajstić information content (AvgIpc) is 2.66. The van der Waals surface area contributed by atoms with Gasteiger partial charge in [0.15, 0.2) is 0 Å². The highest BCUT2D eigenvalue weighted by molar-refractivity contribution is 7.12. The fourth-order valence-corrected chi connectivity index (χ4v) is 2.91. The topological polar surface area (TPSA) is 34.1 Å². The van der Waals surface area contributed by atoms with Crippen LogP contribution in [0.2, 0.25) is 0 Å². The Bertz CT molecular complexity index is 368. The SMILES string of the molecule is COCCCNC(C)c1sc(C(C)(C)C)nc1C. The maximum absolute atomic E-state index is 5.05. The van der Waals surface area contributed by atoms with Crippen molar-refractivity contribution in [3.8, 4) is 0 Å². The van der Waals surface area contributed by atoms with Crippen molar-refractivity contribution in [2.45, 2.75) is 52.5 Å². The lowest BCUT2D eigenvalue weighted by Crippen LogP contribution is -2.20. The first-order chi connectivity index (χ1) is 8.36. The van der Waals surface area contributed by atoms with Crippen LogP contribution in [-0.2, 0) is 10.2 Å². The molecule has 0 aromatic carbocycles. The number of thiazole rings is 1. The van der Waals surface area contributed by atoms with Crippen molar-refractivity contribution < 1.29 is 4.74 Å². The van der Waals surface area contributed by atoms with E-state index < -0.39 is 0 Å². The summed E-state index contributed by atoms with van der Waals surface area (Å²) in [6, 6.07) is 0.371. The molecule has 1 aromatic rings. The summed E-state index contributed by atoms with van der Waals surface area (Å²) in [7, 11) is 1.74.